The van der Waals surface area contributed by atoms with Gasteiger partial charge in [0.25, 0.3) is 5.91 Å². The Kier molecular flexibility index (Phi) is 3.12. The van der Waals surface area contributed by atoms with Gasteiger partial charge in [0.2, 0.25) is 5.72 Å². The lowest BCUT2D eigenvalue weighted by atomic mass is 10.0. The number of aromatic nitrogens is 1. The first kappa shape index (κ1) is 14.2. The highest BCUT2D eigenvalue weighted by Crippen LogP contribution is 2.44. The van der Waals surface area contributed by atoms with E-state index in [0.717, 1.165) is 10.6 Å². The molecule has 0 fully saturated rings. The minimum atomic E-state index is -1.54. The zero-order chi connectivity index (χ0) is 15.4. The standard InChI is InChI=1S/C15H17N3O2S/c1-9-10(2)21-14(16-9)15(20)12-8-6-5-7-11(12)13(19)18(15)17(3)4/h5-8,20H,1-4H3. The molecule has 0 radical (unpaired) electrons. The number of fused-ring (bicyclic) bond motifs is 1. The summed E-state index contributed by atoms with van der Waals surface area (Å²) in [6, 6.07) is 7.14. The van der Waals surface area contributed by atoms with Gasteiger partial charge in [-0.2, -0.15) is 0 Å². The number of nitrogens with zero attached hydrogens (tertiary/aromatic N) is 3. The summed E-state index contributed by atoms with van der Waals surface area (Å²) in [7, 11) is 3.48. The Morgan fingerprint density at radius 2 is 1.95 bits per heavy atom. The van der Waals surface area contributed by atoms with Crippen molar-refractivity contribution in [2.75, 3.05) is 14.1 Å². The maximum Gasteiger partial charge on any atom is 0.271 e. The first-order valence-corrected chi connectivity index (χ1v) is 7.47. The monoisotopic (exact) mass is 303 g/mol. The van der Waals surface area contributed by atoms with Gasteiger partial charge in [-0.3, -0.25) is 4.79 Å². The summed E-state index contributed by atoms with van der Waals surface area (Å²) in [4.78, 5) is 18.1. The third-order valence-electron chi connectivity index (χ3n) is 3.76. The molecule has 1 aromatic carbocycles. The Bertz CT molecular complexity index is 706. The number of hydrazine groups is 1. The van der Waals surface area contributed by atoms with Crippen molar-refractivity contribution in [1.82, 2.24) is 15.0 Å². The first-order chi connectivity index (χ1) is 9.87. The van der Waals surface area contributed by atoms with E-state index in [1.807, 2.05) is 19.9 Å². The third-order valence-corrected chi connectivity index (χ3v) is 4.93. The zero-order valence-corrected chi connectivity index (χ0v) is 13.2. The van der Waals surface area contributed by atoms with Crippen LogP contribution >= 0.6 is 11.3 Å². The van der Waals surface area contributed by atoms with Crippen LogP contribution < -0.4 is 0 Å². The van der Waals surface area contributed by atoms with Crippen molar-refractivity contribution >= 4 is 17.2 Å². The molecule has 0 aliphatic carbocycles. The minimum absolute atomic E-state index is 0.219. The molecule has 1 aliphatic rings. The van der Waals surface area contributed by atoms with Crippen LogP contribution in [0.25, 0.3) is 0 Å². The van der Waals surface area contributed by atoms with E-state index in [-0.39, 0.29) is 5.91 Å². The van der Waals surface area contributed by atoms with E-state index in [9.17, 15) is 9.90 Å². The van der Waals surface area contributed by atoms with Crippen molar-refractivity contribution in [2.24, 2.45) is 0 Å². The molecule has 1 atom stereocenters. The lowest BCUT2D eigenvalue weighted by Gasteiger charge is -2.36. The average molecular weight is 303 g/mol. The third kappa shape index (κ3) is 1.83. The fourth-order valence-electron chi connectivity index (χ4n) is 2.65. The van der Waals surface area contributed by atoms with Gasteiger partial charge in [-0.15, -0.1) is 11.3 Å². The van der Waals surface area contributed by atoms with E-state index in [1.165, 1.54) is 16.3 Å². The Hall–Kier alpha value is -1.76. The molecular formula is C15H17N3O2S. The number of thiazole rings is 1. The van der Waals surface area contributed by atoms with E-state index in [2.05, 4.69) is 4.98 Å². The Morgan fingerprint density at radius 3 is 2.52 bits per heavy atom. The summed E-state index contributed by atoms with van der Waals surface area (Å²) < 4.78 is 0. The molecule has 0 bridgehead atoms. The molecule has 2 heterocycles. The zero-order valence-electron chi connectivity index (χ0n) is 12.4. The first-order valence-electron chi connectivity index (χ1n) is 6.65. The van der Waals surface area contributed by atoms with Crippen molar-refractivity contribution < 1.29 is 9.90 Å². The lowest BCUT2D eigenvalue weighted by molar-refractivity contribution is -0.136. The van der Waals surface area contributed by atoms with Crippen LogP contribution in [-0.4, -0.2) is 40.1 Å². The molecule has 0 saturated heterocycles. The number of carbonyl (C=O) groups is 1. The molecule has 2 aromatic rings. The normalized spacial score (nSPS) is 21.2. The second kappa shape index (κ2) is 4.62. The largest absolute Gasteiger partial charge is 0.360 e. The molecule has 1 N–H and O–H groups in total. The highest BCUT2D eigenvalue weighted by atomic mass is 32.1. The minimum Gasteiger partial charge on any atom is -0.360 e. The highest BCUT2D eigenvalue weighted by Gasteiger charge is 2.53. The van der Waals surface area contributed by atoms with Crippen LogP contribution in [0.4, 0.5) is 0 Å². The van der Waals surface area contributed by atoms with E-state index >= 15 is 0 Å². The molecule has 1 amide bonds. The molecule has 0 saturated carbocycles. The maximum absolute atomic E-state index is 12.6. The fourth-order valence-corrected chi connectivity index (χ4v) is 3.65. The van der Waals surface area contributed by atoms with E-state index in [4.69, 9.17) is 0 Å². The van der Waals surface area contributed by atoms with Gasteiger partial charge in [-0.25, -0.2) is 15.0 Å². The molecule has 1 unspecified atom stereocenters. The number of hydrogen-bond donors (Lipinski definition) is 1. The van der Waals surface area contributed by atoms with E-state index in [1.54, 1.807) is 37.3 Å². The summed E-state index contributed by atoms with van der Waals surface area (Å²) in [5.74, 6) is -0.219. The van der Waals surface area contributed by atoms with Gasteiger partial charge in [-0.05, 0) is 19.9 Å². The second-order valence-corrected chi connectivity index (χ2v) is 6.55. The number of rotatable bonds is 2. The molecule has 3 rings (SSSR count). The van der Waals surface area contributed by atoms with Crippen LogP contribution in [-0.2, 0) is 5.72 Å². The van der Waals surface area contributed by atoms with Crippen LogP contribution in [0.3, 0.4) is 0 Å². The number of carbonyl (C=O) groups excluding carboxylic acids is 1. The predicted molar refractivity (Wildman–Crippen MR) is 80.9 cm³/mol. The number of benzene rings is 1. The smallest absolute Gasteiger partial charge is 0.271 e. The van der Waals surface area contributed by atoms with Crippen molar-refractivity contribution in [3.8, 4) is 0 Å². The lowest BCUT2D eigenvalue weighted by Crippen LogP contribution is -2.51. The van der Waals surface area contributed by atoms with Crippen molar-refractivity contribution in [3.05, 3.63) is 51.0 Å². The van der Waals surface area contributed by atoms with Gasteiger partial charge < -0.3 is 5.11 Å². The number of amides is 1. The van der Waals surface area contributed by atoms with E-state index < -0.39 is 5.72 Å². The number of hydrogen-bond acceptors (Lipinski definition) is 5. The molecule has 0 spiro atoms. The predicted octanol–water partition coefficient (Wildman–Crippen LogP) is 1.89. The SMILES string of the molecule is Cc1nc(C2(O)c3ccccc3C(=O)N2N(C)C)sc1C. The Labute approximate surface area is 127 Å². The summed E-state index contributed by atoms with van der Waals surface area (Å²) in [5.41, 5.74) is 0.427. The van der Waals surface area contributed by atoms with Crippen LogP contribution in [0.15, 0.2) is 24.3 Å². The van der Waals surface area contributed by atoms with Gasteiger partial charge in [0.15, 0.2) is 5.01 Å². The van der Waals surface area contributed by atoms with Gasteiger partial charge >= 0.3 is 0 Å². The van der Waals surface area contributed by atoms with Gasteiger partial charge in [-0.1, -0.05) is 18.2 Å². The van der Waals surface area contributed by atoms with Gasteiger partial charge in [0.05, 0.1) is 5.69 Å². The Morgan fingerprint density at radius 1 is 1.29 bits per heavy atom. The average Bonchev–Trinajstić information content (AvgIpc) is 2.89. The number of aryl methyl sites for hydroxylation is 2. The quantitative estimate of drug-likeness (QED) is 0.920. The molecule has 1 aliphatic heterocycles. The topological polar surface area (TPSA) is 56.7 Å². The highest BCUT2D eigenvalue weighted by molar-refractivity contribution is 7.11. The summed E-state index contributed by atoms with van der Waals surface area (Å²) in [5, 5.41) is 14.8. The summed E-state index contributed by atoms with van der Waals surface area (Å²) >= 11 is 1.42. The molecule has 110 valence electrons. The molecular weight excluding hydrogens is 286 g/mol. The van der Waals surface area contributed by atoms with Crippen molar-refractivity contribution in [3.63, 3.8) is 0 Å². The van der Waals surface area contributed by atoms with Gasteiger partial charge in [0, 0.05) is 30.1 Å². The second-order valence-electron chi connectivity index (χ2n) is 5.34. The summed E-state index contributed by atoms with van der Waals surface area (Å²) in [6.07, 6.45) is 0. The molecule has 21 heavy (non-hydrogen) atoms. The maximum atomic E-state index is 12.6. The van der Waals surface area contributed by atoms with Crippen LogP contribution in [0.2, 0.25) is 0 Å². The van der Waals surface area contributed by atoms with Gasteiger partial charge in [0.1, 0.15) is 0 Å². The molecule has 6 heteroatoms. The molecule has 1 aromatic heterocycles. The van der Waals surface area contributed by atoms with Crippen molar-refractivity contribution in [1.29, 1.82) is 0 Å². The van der Waals surface area contributed by atoms with Crippen LogP contribution in [0.5, 0.6) is 0 Å². The van der Waals surface area contributed by atoms with Crippen LogP contribution in [0.1, 0.15) is 31.5 Å². The van der Waals surface area contributed by atoms with E-state index in [0.29, 0.717) is 16.1 Å². The van der Waals surface area contributed by atoms with Crippen LogP contribution in [0, 0.1) is 13.8 Å². The van der Waals surface area contributed by atoms with Crippen molar-refractivity contribution in [2.45, 2.75) is 19.6 Å². The Balaban J connectivity index is 2.28. The summed E-state index contributed by atoms with van der Waals surface area (Å²) in [6.45, 7) is 3.86. The molecule has 5 nitrogen and oxygen atoms in total. The fraction of sp³-hybridized carbons (Fsp3) is 0.333. The number of aliphatic hydroxyl groups is 1.